The van der Waals surface area contributed by atoms with Crippen molar-refractivity contribution in [1.29, 1.82) is 0 Å². The number of ketones is 1. The van der Waals surface area contributed by atoms with Crippen LogP contribution in [0.3, 0.4) is 0 Å². The molecule has 0 unspecified atom stereocenters. The van der Waals surface area contributed by atoms with Crippen LogP contribution in [0.25, 0.3) is 0 Å². The molecule has 1 N–H and O–H groups in total. The highest BCUT2D eigenvalue weighted by Gasteiger charge is 2.06. The highest BCUT2D eigenvalue weighted by Crippen LogP contribution is 2.01. The quantitative estimate of drug-likeness (QED) is 0.519. The van der Waals surface area contributed by atoms with Crippen LogP contribution in [0, 0.1) is 0 Å². The van der Waals surface area contributed by atoms with Gasteiger partial charge in [-0.3, -0.25) is 5.26 Å². The Kier molecular flexibility index (Phi) is 8.54. The first-order chi connectivity index (χ1) is 5.33. The molecule has 0 saturated carbocycles. The molecule has 0 aliphatic carbocycles. The third-order valence-electron chi connectivity index (χ3n) is 0.876. The summed E-state index contributed by atoms with van der Waals surface area (Å²) in [4.78, 5) is 14.0. The van der Waals surface area contributed by atoms with E-state index in [0.29, 0.717) is 0 Å². The number of hydrogen-bond donors (Lipinski definition) is 1. The Bertz CT molecular complexity index is 113. The van der Waals surface area contributed by atoms with Gasteiger partial charge in [-0.25, -0.2) is 4.89 Å². The third kappa shape index (κ3) is 22.6. The molecule has 0 heterocycles. The highest BCUT2D eigenvalue weighted by atomic mass is 17.1. The minimum atomic E-state index is -0.403. The maximum atomic E-state index is 10.0. The average molecular weight is 176 g/mol. The van der Waals surface area contributed by atoms with Gasteiger partial charge in [-0.15, -0.1) is 0 Å². The molecule has 12 heavy (non-hydrogen) atoms. The number of hydrogen-bond acceptors (Lipinski definition) is 3. The van der Waals surface area contributed by atoms with Crippen molar-refractivity contribution >= 4 is 5.78 Å². The second kappa shape index (κ2) is 7.25. The van der Waals surface area contributed by atoms with Crippen LogP contribution in [0.15, 0.2) is 0 Å². The van der Waals surface area contributed by atoms with Crippen molar-refractivity contribution in [2.75, 3.05) is 0 Å². The molecule has 0 fully saturated rings. The van der Waals surface area contributed by atoms with Crippen molar-refractivity contribution in [3.05, 3.63) is 0 Å². The Hall–Kier alpha value is -0.410. The normalized spacial score (nSPS) is 10.2. The molecule has 0 aliphatic heterocycles. The summed E-state index contributed by atoms with van der Waals surface area (Å²) in [6, 6.07) is 0. The fraction of sp³-hybridized carbons (Fsp3) is 0.889. The molecule has 0 saturated heterocycles. The lowest BCUT2D eigenvalue weighted by molar-refractivity contribution is -0.306. The van der Waals surface area contributed by atoms with Crippen molar-refractivity contribution in [2.24, 2.45) is 0 Å². The molecule has 0 amide bonds. The first-order valence-corrected chi connectivity index (χ1v) is 4.15. The standard InChI is InChI=1S/C5H10O.C4H10O2/c1-3-4-5(2)6;1-4(2,3)6-5/h3-4H2,1-2H3;5H,1-3H3. The molecule has 0 radical (unpaired) electrons. The second-order valence-corrected chi connectivity index (χ2v) is 3.66. The Balaban J connectivity index is 0. The van der Waals surface area contributed by atoms with Crippen LogP contribution in [0.5, 0.6) is 0 Å². The summed E-state index contributed by atoms with van der Waals surface area (Å²) in [6.07, 6.45) is 1.72. The van der Waals surface area contributed by atoms with Gasteiger partial charge in [-0.05, 0) is 34.1 Å². The van der Waals surface area contributed by atoms with Gasteiger partial charge < -0.3 is 4.79 Å². The Morgan fingerprint density at radius 1 is 1.42 bits per heavy atom. The van der Waals surface area contributed by atoms with Crippen molar-refractivity contribution in [3.8, 4) is 0 Å². The molecule has 3 heteroatoms. The largest absolute Gasteiger partial charge is 0.300 e. The van der Waals surface area contributed by atoms with Crippen LogP contribution in [-0.2, 0) is 9.68 Å². The molecule has 0 aromatic heterocycles. The van der Waals surface area contributed by atoms with Crippen LogP contribution in [0.1, 0.15) is 47.5 Å². The molecule has 0 aromatic rings. The van der Waals surface area contributed by atoms with Crippen LogP contribution < -0.4 is 0 Å². The summed E-state index contributed by atoms with van der Waals surface area (Å²) in [5.74, 6) is 0.289. The zero-order valence-electron chi connectivity index (χ0n) is 8.68. The Morgan fingerprint density at radius 3 is 1.75 bits per heavy atom. The molecule has 0 spiro atoms. The van der Waals surface area contributed by atoms with E-state index >= 15 is 0 Å². The predicted octanol–water partition coefficient (Wildman–Crippen LogP) is 2.65. The number of carbonyl (C=O) groups excluding carboxylic acids is 1. The van der Waals surface area contributed by atoms with E-state index in [4.69, 9.17) is 5.26 Å². The SMILES string of the molecule is CC(C)(C)OO.CCCC(C)=O. The van der Waals surface area contributed by atoms with Crippen molar-refractivity contribution in [1.82, 2.24) is 0 Å². The fourth-order valence-corrected chi connectivity index (χ4v) is 0.352. The summed E-state index contributed by atoms with van der Waals surface area (Å²) >= 11 is 0. The van der Waals surface area contributed by atoms with Crippen LogP contribution in [0.2, 0.25) is 0 Å². The van der Waals surface area contributed by atoms with Crippen LogP contribution in [-0.4, -0.2) is 16.6 Å². The Labute approximate surface area is 74.7 Å². The maximum absolute atomic E-state index is 10.0. The average Bonchev–Trinajstić information content (AvgIpc) is 1.87. The molecule has 3 nitrogen and oxygen atoms in total. The topological polar surface area (TPSA) is 46.5 Å². The second-order valence-electron chi connectivity index (χ2n) is 3.66. The molecule has 0 rings (SSSR count). The minimum absolute atomic E-state index is 0.289. The number of carbonyl (C=O) groups is 1. The summed E-state index contributed by atoms with van der Waals surface area (Å²) < 4.78 is 0. The zero-order chi connectivity index (χ0) is 10.2. The van der Waals surface area contributed by atoms with Crippen molar-refractivity contribution in [2.45, 2.75) is 53.1 Å². The number of rotatable bonds is 2. The summed E-state index contributed by atoms with van der Waals surface area (Å²) in [7, 11) is 0. The molecule has 74 valence electrons. The lowest BCUT2D eigenvalue weighted by atomic mass is 10.2. The molecule has 0 atom stereocenters. The lowest BCUT2D eigenvalue weighted by Crippen LogP contribution is -2.15. The monoisotopic (exact) mass is 176 g/mol. The fourth-order valence-electron chi connectivity index (χ4n) is 0.352. The van der Waals surface area contributed by atoms with E-state index < -0.39 is 5.60 Å². The maximum Gasteiger partial charge on any atom is 0.129 e. The van der Waals surface area contributed by atoms with Crippen LogP contribution >= 0.6 is 0 Å². The lowest BCUT2D eigenvalue weighted by Gasteiger charge is -2.10. The van der Waals surface area contributed by atoms with Gasteiger partial charge in [0.25, 0.3) is 0 Å². The van der Waals surface area contributed by atoms with Crippen molar-refractivity contribution < 1.29 is 14.9 Å². The highest BCUT2D eigenvalue weighted by molar-refractivity contribution is 5.75. The van der Waals surface area contributed by atoms with E-state index in [2.05, 4.69) is 4.89 Å². The van der Waals surface area contributed by atoms with Gasteiger partial charge in [-0.2, -0.15) is 0 Å². The van der Waals surface area contributed by atoms with Gasteiger partial charge in [0.15, 0.2) is 0 Å². The zero-order valence-corrected chi connectivity index (χ0v) is 8.68. The minimum Gasteiger partial charge on any atom is -0.300 e. The number of Topliss-reactive ketones (excluding diaryl/α,β-unsaturated/α-hetero) is 1. The summed E-state index contributed by atoms with van der Waals surface area (Å²) in [5.41, 5.74) is -0.403. The molecule has 0 bridgehead atoms. The summed E-state index contributed by atoms with van der Waals surface area (Å²) in [6.45, 7) is 8.93. The van der Waals surface area contributed by atoms with Gasteiger partial charge in [-0.1, -0.05) is 6.92 Å². The first-order valence-electron chi connectivity index (χ1n) is 4.15. The van der Waals surface area contributed by atoms with Gasteiger partial charge in [0.1, 0.15) is 5.78 Å². The first kappa shape index (κ1) is 14.1. The van der Waals surface area contributed by atoms with Gasteiger partial charge >= 0.3 is 0 Å². The van der Waals surface area contributed by atoms with E-state index in [-0.39, 0.29) is 5.78 Å². The predicted molar refractivity (Wildman–Crippen MR) is 49.1 cm³/mol. The molecular weight excluding hydrogens is 156 g/mol. The van der Waals surface area contributed by atoms with Gasteiger partial charge in [0.2, 0.25) is 0 Å². The third-order valence-corrected chi connectivity index (χ3v) is 0.876. The molecular formula is C9H20O3. The van der Waals surface area contributed by atoms with Crippen LogP contribution in [0.4, 0.5) is 0 Å². The van der Waals surface area contributed by atoms with Crippen molar-refractivity contribution in [3.63, 3.8) is 0 Å². The van der Waals surface area contributed by atoms with Gasteiger partial charge in [0, 0.05) is 6.42 Å². The smallest absolute Gasteiger partial charge is 0.129 e. The Morgan fingerprint density at radius 2 is 1.75 bits per heavy atom. The van der Waals surface area contributed by atoms with E-state index in [9.17, 15) is 4.79 Å². The molecule has 0 aromatic carbocycles. The molecule has 0 aliphatic rings. The van der Waals surface area contributed by atoms with E-state index in [0.717, 1.165) is 12.8 Å². The van der Waals surface area contributed by atoms with E-state index in [1.165, 1.54) is 0 Å². The van der Waals surface area contributed by atoms with E-state index in [1.807, 2.05) is 6.92 Å². The van der Waals surface area contributed by atoms with Gasteiger partial charge in [0.05, 0.1) is 5.60 Å². The summed E-state index contributed by atoms with van der Waals surface area (Å²) in [5, 5.41) is 7.90. The van der Waals surface area contributed by atoms with E-state index in [1.54, 1.807) is 27.7 Å².